The van der Waals surface area contributed by atoms with Gasteiger partial charge in [-0.25, -0.2) is 14.8 Å². The Morgan fingerprint density at radius 3 is 3.00 bits per heavy atom. The van der Waals surface area contributed by atoms with Gasteiger partial charge in [-0.1, -0.05) is 11.6 Å². The number of thiazole rings is 1. The van der Waals surface area contributed by atoms with Gasteiger partial charge in [-0.2, -0.15) is 0 Å². The van der Waals surface area contributed by atoms with Gasteiger partial charge in [0.25, 0.3) is 0 Å². The lowest BCUT2D eigenvalue weighted by Gasteiger charge is -2.02. The molecule has 2 heterocycles. The summed E-state index contributed by atoms with van der Waals surface area (Å²) >= 11 is 6.96. The van der Waals surface area contributed by atoms with E-state index in [9.17, 15) is 9.59 Å². The number of aromatic nitrogens is 3. The van der Waals surface area contributed by atoms with Crippen LogP contribution in [0.2, 0.25) is 5.02 Å². The van der Waals surface area contributed by atoms with Crippen molar-refractivity contribution in [1.82, 2.24) is 14.5 Å². The number of carbonyl (C=O) groups is 1. The van der Waals surface area contributed by atoms with Gasteiger partial charge in [0.05, 0.1) is 17.8 Å². The molecule has 17 heavy (non-hydrogen) atoms. The molecule has 0 bridgehead atoms. The number of Topliss-reactive ketones (excluding diaryl/α,β-unsaturated/α-hetero) is 1. The molecular weight excluding hydrogens is 262 g/mol. The minimum Gasteiger partial charge on any atom is -0.290 e. The molecule has 0 radical (unpaired) electrons. The molecule has 7 heteroatoms. The van der Waals surface area contributed by atoms with Gasteiger partial charge < -0.3 is 0 Å². The van der Waals surface area contributed by atoms with E-state index in [-0.39, 0.29) is 12.3 Å². The first-order valence-electron chi connectivity index (χ1n) is 4.73. The fourth-order valence-electron chi connectivity index (χ4n) is 1.25. The standard InChI is InChI=1S/C10H8ClN3O2S/c1-6-5-17-9(13-6)8(15)4-14-3-7(11)2-12-10(14)16/h2-3,5H,4H2,1H3. The molecule has 0 spiro atoms. The number of ketones is 1. The van der Waals surface area contributed by atoms with Crippen LogP contribution in [0, 0.1) is 6.92 Å². The first-order valence-corrected chi connectivity index (χ1v) is 5.99. The highest BCUT2D eigenvalue weighted by Crippen LogP contribution is 2.10. The van der Waals surface area contributed by atoms with Crippen molar-refractivity contribution in [2.45, 2.75) is 13.5 Å². The maximum Gasteiger partial charge on any atom is 0.348 e. The van der Waals surface area contributed by atoms with Crippen molar-refractivity contribution in [3.05, 3.63) is 44.0 Å². The number of nitrogens with zero attached hydrogens (tertiary/aromatic N) is 3. The van der Waals surface area contributed by atoms with Crippen LogP contribution in [-0.4, -0.2) is 20.3 Å². The SMILES string of the molecule is Cc1csc(C(=O)Cn2cc(Cl)cnc2=O)n1. The molecule has 0 aromatic carbocycles. The van der Waals surface area contributed by atoms with Crippen molar-refractivity contribution in [3.8, 4) is 0 Å². The third-order valence-electron chi connectivity index (χ3n) is 1.99. The molecular formula is C10H8ClN3O2S. The molecule has 0 atom stereocenters. The minimum absolute atomic E-state index is 0.0979. The Kier molecular flexibility index (Phi) is 3.35. The predicted octanol–water partition coefficient (Wildman–Crippen LogP) is 1.54. The van der Waals surface area contributed by atoms with E-state index in [1.165, 1.54) is 28.3 Å². The summed E-state index contributed by atoms with van der Waals surface area (Å²) in [6.45, 7) is 1.71. The van der Waals surface area contributed by atoms with Crippen LogP contribution in [0.5, 0.6) is 0 Å². The van der Waals surface area contributed by atoms with E-state index in [1.807, 2.05) is 0 Å². The molecule has 0 aliphatic carbocycles. The number of aryl methyl sites for hydroxylation is 1. The zero-order valence-electron chi connectivity index (χ0n) is 8.88. The molecule has 0 aliphatic rings. The lowest BCUT2D eigenvalue weighted by atomic mass is 10.4. The van der Waals surface area contributed by atoms with Gasteiger partial charge in [-0.05, 0) is 6.92 Å². The van der Waals surface area contributed by atoms with Crippen LogP contribution in [0.15, 0.2) is 22.6 Å². The summed E-state index contributed by atoms with van der Waals surface area (Å²) in [7, 11) is 0. The Balaban J connectivity index is 2.24. The Bertz CT molecular complexity index is 620. The second-order valence-corrected chi connectivity index (χ2v) is 4.69. The maximum absolute atomic E-state index is 11.8. The second-order valence-electron chi connectivity index (χ2n) is 3.40. The summed E-state index contributed by atoms with van der Waals surface area (Å²) in [5.41, 5.74) is 0.283. The predicted molar refractivity (Wildman–Crippen MR) is 64.7 cm³/mol. The quantitative estimate of drug-likeness (QED) is 0.793. The Morgan fingerprint density at radius 1 is 1.59 bits per heavy atom. The average Bonchev–Trinajstić information content (AvgIpc) is 2.70. The Morgan fingerprint density at radius 2 is 2.35 bits per heavy atom. The molecule has 2 aromatic heterocycles. The van der Waals surface area contributed by atoms with Crippen LogP contribution in [0.25, 0.3) is 0 Å². The normalized spacial score (nSPS) is 10.5. The van der Waals surface area contributed by atoms with Crippen molar-refractivity contribution >= 4 is 28.7 Å². The topological polar surface area (TPSA) is 64.8 Å². The van der Waals surface area contributed by atoms with Crippen LogP contribution in [0.3, 0.4) is 0 Å². The zero-order chi connectivity index (χ0) is 12.4. The molecule has 0 amide bonds. The summed E-state index contributed by atoms with van der Waals surface area (Å²) in [5.74, 6) is -0.228. The maximum atomic E-state index is 11.8. The third kappa shape index (κ3) is 2.78. The van der Waals surface area contributed by atoms with Crippen molar-refractivity contribution in [2.24, 2.45) is 0 Å². The minimum atomic E-state index is -0.504. The monoisotopic (exact) mass is 269 g/mol. The summed E-state index contributed by atoms with van der Waals surface area (Å²) in [4.78, 5) is 30.8. The van der Waals surface area contributed by atoms with Gasteiger partial charge in [0.1, 0.15) is 0 Å². The van der Waals surface area contributed by atoms with Crippen molar-refractivity contribution < 1.29 is 4.79 Å². The summed E-state index contributed by atoms with van der Waals surface area (Å²) < 4.78 is 1.17. The average molecular weight is 270 g/mol. The first kappa shape index (κ1) is 11.9. The molecule has 0 fully saturated rings. The smallest absolute Gasteiger partial charge is 0.290 e. The number of hydrogen-bond donors (Lipinski definition) is 0. The molecule has 5 nitrogen and oxygen atoms in total. The molecule has 0 aliphatic heterocycles. The second kappa shape index (κ2) is 4.77. The summed E-state index contributed by atoms with van der Waals surface area (Å²) in [5, 5.41) is 2.48. The van der Waals surface area contributed by atoms with E-state index >= 15 is 0 Å². The Hall–Kier alpha value is -1.53. The largest absolute Gasteiger partial charge is 0.348 e. The fourth-order valence-corrected chi connectivity index (χ4v) is 2.14. The number of rotatable bonds is 3. The summed E-state index contributed by atoms with van der Waals surface area (Å²) in [6, 6.07) is 0. The van der Waals surface area contributed by atoms with Gasteiger partial charge in [0, 0.05) is 17.3 Å². The van der Waals surface area contributed by atoms with Gasteiger partial charge in [-0.15, -0.1) is 11.3 Å². The van der Waals surface area contributed by atoms with E-state index in [1.54, 1.807) is 12.3 Å². The van der Waals surface area contributed by atoms with E-state index in [2.05, 4.69) is 9.97 Å². The van der Waals surface area contributed by atoms with Crippen molar-refractivity contribution in [2.75, 3.05) is 0 Å². The van der Waals surface area contributed by atoms with Crippen LogP contribution < -0.4 is 5.69 Å². The molecule has 88 valence electrons. The fraction of sp³-hybridized carbons (Fsp3) is 0.200. The lowest BCUT2D eigenvalue weighted by Crippen LogP contribution is -2.25. The van der Waals surface area contributed by atoms with Gasteiger partial charge in [0.15, 0.2) is 5.01 Å². The Labute approximate surface area is 106 Å². The van der Waals surface area contributed by atoms with Crippen LogP contribution >= 0.6 is 22.9 Å². The highest BCUT2D eigenvalue weighted by atomic mass is 35.5. The summed E-state index contributed by atoms with van der Waals surface area (Å²) in [6.07, 6.45) is 2.63. The van der Waals surface area contributed by atoms with E-state index < -0.39 is 5.69 Å². The first-order chi connectivity index (χ1) is 8.06. The molecule has 0 N–H and O–H groups in total. The lowest BCUT2D eigenvalue weighted by molar-refractivity contribution is 0.0970. The number of halogens is 1. The number of carbonyl (C=O) groups excluding carboxylic acids is 1. The van der Waals surface area contributed by atoms with E-state index in [0.29, 0.717) is 10.0 Å². The number of hydrogen-bond acceptors (Lipinski definition) is 5. The van der Waals surface area contributed by atoms with E-state index in [4.69, 9.17) is 11.6 Å². The highest BCUT2D eigenvalue weighted by Gasteiger charge is 2.12. The van der Waals surface area contributed by atoms with Crippen LogP contribution in [0.4, 0.5) is 0 Å². The molecule has 2 aromatic rings. The molecule has 2 rings (SSSR count). The zero-order valence-corrected chi connectivity index (χ0v) is 10.5. The van der Waals surface area contributed by atoms with Crippen molar-refractivity contribution in [3.63, 3.8) is 0 Å². The third-order valence-corrected chi connectivity index (χ3v) is 3.19. The highest BCUT2D eigenvalue weighted by molar-refractivity contribution is 7.11. The van der Waals surface area contributed by atoms with Crippen molar-refractivity contribution in [1.29, 1.82) is 0 Å². The van der Waals surface area contributed by atoms with Gasteiger partial charge >= 0.3 is 5.69 Å². The van der Waals surface area contributed by atoms with E-state index in [0.717, 1.165) is 5.69 Å². The molecule has 0 saturated heterocycles. The van der Waals surface area contributed by atoms with Crippen LogP contribution in [-0.2, 0) is 6.54 Å². The molecule has 0 unspecified atom stereocenters. The van der Waals surface area contributed by atoms with Gasteiger partial charge in [-0.3, -0.25) is 9.36 Å². The van der Waals surface area contributed by atoms with Crippen LogP contribution in [0.1, 0.15) is 15.5 Å². The molecule has 0 saturated carbocycles. The van der Waals surface area contributed by atoms with Gasteiger partial charge in [0.2, 0.25) is 5.78 Å².